The van der Waals surface area contributed by atoms with Gasteiger partial charge in [0, 0.05) is 12.3 Å². The van der Waals surface area contributed by atoms with E-state index in [1.165, 1.54) is 6.26 Å². The molecule has 0 radical (unpaired) electrons. The molecule has 0 saturated heterocycles. The molecule has 10 nitrogen and oxygen atoms in total. The minimum absolute atomic E-state index is 0.172. The fourth-order valence-corrected chi connectivity index (χ4v) is 2.62. The lowest BCUT2D eigenvalue weighted by atomic mass is 10.0. The number of benzene rings is 1. The zero-order chi connectivity index (χ0) is 30.0. The van der Waals surface area contributed by atoms with Gasteiger partial charge in [-0.1, -0.05) is 19.4 Å². The van der Waals surface area contributed by atoms with Crippen LogP contribution in [0.2, 0.25) is 0 Å². The summed E-state index contributed by atoms with van der Waals surface area (Å²) in [4.78, 5) is 46.4. The molecule has 212 valence electrons. The van der Waals surface area contributed by atoms with Gasteiger partial charge in [-0.3, -0.25) is 14.6 Å². The summed E-state index contributed by atoms with van der Waals surface area (Å²) in [6.07, 6.45) is -5.67. The van der Waals surface area contributed by atoms with Gasteiger partial charge in [-0.05, 0) is 30.2 Å². The number of ether oxygens (including phenoxy) is 1. The maximum absolute atomic E-state index is 12.8. The lowest BCUT2D eigenvalue weighted by molar-refractivity contribution is -0.193. The lowest BCUT2D eigenvalue weighted by Gasteiger charge is -2.11. The molecular formula is C23H20F6N2O8. The average molecular weight is 566 g/mol. The molecule has 0 atom stereocenters. The molecule has 3 aromatic rings. The molecule has 0 unspecified atom stereocenters. The van der Waals surface area contributed by atoms with E-state index < -0.39 is 30.3 Å². The number of carboxylic acids is 2. The first-order chi connectivity index (χ1) is 18.0. The molecule has 1 aromatic carbocycles. The summed E-state index contributed by atoms with van der Waals surface area (Å²) in [5.41, 5.74) is 7.20. The predicted molar refractivity (Wildman–Crippen MR) is 122 cm³/mol. The number of fused-ring (bicyclic) bond motifs is 1. The summed E-state index contributed by atoms with van der Waals surface area (Å²) in [6, 6.07) is 8.63. The van der Waals surface area contributed by atoms with Crippen LogP contribution in [0, 0.1) is 0 Å². The molecule has 16 heteroatoms. The van der Waals surface area contributed by atoms with Crippen molar-refractivity contribution in [3.8, 4) is 17.0 Å². The Bertz CT molecular complexity index is 1330. The van der Waals surface area contributed by atoms with Gasteiger partial charge in [-0.2, -0.15) is 26.3 Å². The van der Waals surface area contributed by atoms with Gasteiger partial charge in [-0.15, -0.1) is 0 Å². The molecule has 0 aliphatic rings. The van der Waals surface area contributed by atoms with Crippen LogP contribution in [-0.2, 0) is 20.8 Å². The number of halogens is 6. The molecule has 2 heterocycles. The number of hydrogen-bond acceptors (Lipinski definition) is 8. The summed E-state index contributed by atoms with van der Waals surface area (Å²) in [7, 11) is 0. The lowest BCUT2D eigenvalue weighted by Crippen LogP contribution is -2.21. The Morgan fingerprint density at radius 1 is 1.03 bits per heavy atom. The van der Waals surface area contributed by atoms with E-state index in [1.54, 1.807) is 30.5 Å². The number of carbonyl (C=O) groups is 3. The maximum Gasteiger partial charge on any atom is 0.490 e. The van der Waals surface area contributed by atoms with Crippen molar-refractivity contribution >= 4 is 28.9 Å². The van der Waals surface area contributed by atoms with Gasteiger partial charge in [0.05, 0.1) is 23.2 Å². The van der Waals surface area contributed by atoms with Crippen LogP contribution >= 0.6 is 0 Å². The highest BCUT2D eigenvalue weighted by Crippen LogP contribution is 2.27. The van der Waals surface area contributed by atoms with Crippen LogP contribution in [0.4, 0.5) is 26.3 Å². The maximum atomic E-state index is 12.8. The Balaban J connectivity index is 0.000000449. The predicted octanol–water partition coefficient (Wildman–Crippen LogP) is 3.94. The highest BCUT2D eigenvalue weighted by Gasteiger charge is 2.38. The molecule has 0 amide bonds. The molecule has 0 fully saturated rings. The third kappa shape index (κ3) is 10.1. The molecule has 0 saturated carbocycles. The Morgan fingerprint density at radius 2 is 1.59 bits per heavy atom. The minimum Gasteiger partial charge on any atom is -0.475 e. The Kier molecular flexibility index (Phi) is 11.6. The highest BCUT2D eigenvalue weighted by atomic mass is 19.4. The van der Waals surface area contributed by atoms with Gasteiger partial charge in [0.25, 0.3) is 0 Å². The number of nitrogens with zero attached hydrogens (tertiary/aromatic N) is 1. The molecule has 0 bridgehead atoms. The molecule has 39 heavy (non-hydrogen) atoms. The normalized spacial score (nSPS) is 11.0. The van der Waals surface area contributed by atoms with Crippen molar-refractivity contribution < 1.29 is 60.1 Å². The number of rotatable bonds is 5. The van der Waals surface area contributed by atoms with Crippen molar-refractivity contribution in [2.75, 3.05) is 6.54 Å². The molecule has 2 aromatic heterocycles. The number of carboxylic acid groups (broad SMARTS) is 2. The van der Waals surface area contributed by atoms with Crippen LogP contribution in [0.1, 0.15) is 18.9 Å². The van der Waals surface area contributed by atoms with Gasteiger partial charge in [-0.25, -0.2) is 9.59 Å². The van der Waals surface area contributed by atoms with E-state index in [0.717, 1.165) is 12.0 Å². The van der Waals surface area contributed by atoms with Gasteiger partial charge in [0.1, 0.15) is 17.6 Å². The van der Waals surface area contributed by atoms with Crippen molar-refractivity contribution in [3.63, 3.8) is 0 Å². The van der Waals surface area contributed by atoms with E-state index in [0.29, 0.717) is 34.4 Å². The van der Waals surface area contributed by atoms with Crippen molar-refractivity contribution in [1.29, 1.82) is 0 Å². The first kappa shape index (κ1) is 32.6. The fraction of sp³-hybridized carbons (Fsp3) is 0.261. The van der Waals surface area contributed by atoms with Gasteiger partial charge in [0.2, 0.25) is 5.43 Å². The second-order valence-electron chi connectivity index (χ2n) is 7.18. The second-order valence-corrected chi connectivity index (χ2v) is 7.18. The zero-order valence-corrected chi connectivity index (χ0v) is 19.8. The molecule has 0 aliphatic heterocycles. The van der Waals surface area contributed by atoms with Gasteiger partial charge >= 0.3 is 30.3 Å². The smallest absolute Gasteiger partial charge is 0.475 e. The van der Waals surface area contributed by atoms with Crippen LogP contribution in [0.3, 0.4) is 0 Å². The summed E-state index contributed by atoms with van der Waals surface area (Å²) < 4.78 is 74.3. The average Bonchev–Trinajstić information content (AvgIpc) is 2.85. The van der Waals surface area contributed by atoms with E-state index in [4.69, 9.17) is 34.7 Å². The van der Waals surface area contributed by atoms with Crippen molar-refractivity contribution in [3.05, 3.63) is 58.6 Å². The molecule has 0 spiro atoms. The first-order valence-corrected chi connectivity index (χ1v) is 10.5. The Hall–Kier alpha value is -4.47. The SMILES string of the molecule is CCCc1cc2c(=O)c(-c3ccccn3)coc2cc1OC(=O)CN.O=C(O)C(F)(F)F.O=C(O)C(F)(F)F. The molecule has 0 aliphatic carbocycles. The van der Waals surface area contributed by atoms with E-state index in [1.807, 2.05) is 13.0 Å². The standard InChI is InChI=1S/C19H18N2O4.2C2HF3O2/c1-2-5-12-8-13-17(9-16(12)25-18(22)10-20)24-11-14(19(13)23)15-6-3-4-7-21-15;2*3-2(4,5)1(6)7/h3-4,6-9,11H,2,5,10,20H2,1H3;2*(H,6,7). The third-order valence-corrected chi connectivity index (χ3v) is 4.29. The summed E-state index contributed by atoms with van der Waals surface area (Å²) in [6.45, 7) is 1.79. The van der Waals surface area contributed by atoms with E-state index >= 15 is 0 Å². The van der Waals surface area contributed by atoms with Crippen LogP contribution in [0.5, 0.6) is 5.75 Å². The second kappa shape index (κ2) is 13.9. The van der Waals surface area contributed by atoms with Crippen LogP contribution in [0.25, 0.3) is 22.2 Å². The number of esters is 1. The summed E-state index contributed by atoms with van der Waals surface area (Å²) >= 11 is 0. The van der Waals surface area contributed by atoms with Crippen molar-refractivity contribution in [1.82, 2.24) is 4.98 Å². The van der Waals surface area contributed by atoms with Crippen LogP contribution in [0.15, 0.2) is 52.0 Å². The topological polar surface area (TPSA) is 170 Å². The van der Waals surface area contributed by atoms with Gasteiger partial charge < -0.3 is 25.1 Å². The number of aryl methyl sites for hydroxylation is 1. The van der Waals surface area contributed by atoms with Crippen molar-refractivity contribution in [2.45, 2.75) is 32.1 Å². The van der Waals surface area contributed by atoms with Gasteiger partial charge in [0.15, 0.2) is 0 Å². The van der Waals surface area contributed by atoms with E-state index in [-0.39, 0.29) is 12.0 Å². The van der Waals surface area contributed by atoms with E-state index in [2.05, 4.69) is 4.98 Å². The summed E-state index contributed by atoms with van der Waals surface area (Å²) in [5.74, 6) is -5.68. The zero-order valence-electron chi connectivity index (χ0n) is 19.8. The third-order valence-electron chi connectivity index (χ3n) is 4.29. The quantitative estimate of drug-likeness (QED) is 0.234. The number of pyridine rings is 1. The monoisotopic (exact) mass is 566 g/mol. The number of hydrogen-bond donors (Lipinski definition) is 3. The molecule has 4 N–H and O–H groups in total. The van der Waals surface area contributed by atoms with Crippen LogP contribution < -0.4 is 15.9 Å². The van der Waals surface area contributed by atoms with Crippen LogP contribution in [-0.4, -0.2) is 52.0 Å². The Labute approximate surface area is 214 Å². The molecular weight excluding hydrogens is 546 g/mol. The number of nitrogens with two attached hydrogens (primary N) is 1. The Morgan fingerprint density at radius 3 is 2.03 bits per heavy atom. The number of alkyl halides is 6. The molecule has 3 rings (SSSR count). The van der Waals surface area contributed by atoms with E-state index in [9.17, 15) is 35.9 Å². The highest BCUT2D eigenvalue weighted by molar-refractivity contribution is 5.84. The number of aromatic nitrogens is 1. The minimum atomic E-state index is -5.08. The number of aliphatic carboxylic acids is 2. The fourth-order valence-electron chi connectivity index (χ4n) is 2.62. The largest absolute Gasteiger partial charge is 0.490 e. The van der Waals surface area contributed by atoms with Crippen molar-refractivity contribution in [2.24, 2.45) is 5.73 Å². The first-order valence-electron chi connectivity index (χ1n) is 10.5. The number of carbonyl (C=O) groups excluding carboxylic acids is 1. The summed E-state index contributed by atoms with van der Waals surface area (Å²) in [5, 5.41) is 14.7.